The summed E-state index contributed by atoms with van der Waals surface area (Å²) in [4.78, 5) is 12.3. The second kappa shape index (κ2) is 17.1. The lowest BCUT2D eigenvalue weighted by molar-refractivity contribution is -0.145. The van der Waals surface area contributed by atoms with Crippen LogP contribution in [-0.2, 0) is 27.0 Å². The van der Waals surface area contributed by atoms with Gasteiger partial charge >= 0.3 is 5.97 Å². The summed E-state index contributed by atoms with van der Waals surface area (Å²) in [5, 5.41) is 10.9. The standard InChI is InChI=1S/C33H58O3/c1-8-9-10-11-12-13-14-15-16-17-18-19-20-21-22-23-30(34)36-26-27-24-28(32(2,3)4)31(35)29(25-27)33(5,6)7/h24-25,35H,8-23,26H2,1-7H3. The zero-order valence-corrected chi connectivity index (χ0v) is 24.9. The fraction of sp³-hybridized carbons (Fsp3) is 0.788. The lowest BCUT2D eigenvalue weighted by atomic mass is 9.78. The quantitative estimate of drug-likeness (QED) is 0.160. The van der Waals surface area contributed by atoms with E-state index >= 15 is 0 Å². The number of phenolic OH excluding ortho intramolecular Hbond substituents is 1. The largest absolute Gasteiger partial charge is 0.507 e. The first-order chi connectivity index (χ1) is 17.0. The van der Waals surface area contributed by atoms with E-state index < -0.39 is 0 Å². The third kappa shape index (κ3) is 13.7. The number of aromatic hydroxyl groups is 1. The molecule has 0 aliphatic heterocycles. The molecular weight excluding hydrogens is 444 g/mol. The van der Waals surface area contributed by atoms with Crippen LogP contribution in [0.5, 0.6) is 5.75 Å². The number of rotatable bonds is 18. The number of hydrogen-bond acceptors (Lipinski definition) is 3. The molecule has 0 saturated carbocycles. The normalized spacial score (nSPS) is 12.2. The summed E-state index contributed by atoms with van der Waals surface area (Å²) in [5.74, 6) is 0.246. The molecular formula is C33H58O3. The van der Waals surface area contributed by atoms with Gasteiger partial charge in [-0.3, -0.25) is 4.79 Å². The Morgan fingerprint density at radius 1 is 0.667 bits per heavy atom. The number of carbonyl (C=O) groups is 1. The average molecular weight is 503 g/mol. The van der Waals surface area contributed by atoms with Crippen molar-refractivity contribution in [1.29, 1.82) is 0 Å². The van der Waals surface area contributed by atoms with Gasteiger partial charge in [-0.05, 0) is 46.1 Å². The highest BCUT2D eigenvalue weighted by Crippen LogP contribution is 2.39. The maximum atomic E-state index is 12.3. The topological polar surface area (TPSA) is 46.5 Å². The number of phenols is 1. The van der Waals surface area contributed by atoms with Crippen molar-refractivity contribution in [2.75, 3.05) is 0 Å². The molecule has 0 unspecified atom stereocenters. The highest BCUT2D eigenvalue weighted by Gasteiger charge is 2.26. The van der Waals surface area contributed by atoms with E-state index in [1.165, 1.54) is 83.5 Å². The average Bonchev–Trinajstić information content (AvgIpc) is 2.79. The van der Waals surface area contributed by atoms with Gasteiger partial charge in [-0.1, -0.05) is 138 Å². The molecule has 1 aromatic carbocycles. The molecule has 0 heterocycles. The van der Waals surface area contributed by atoms with E-state index in [1.807, 2.05) is 12.1 Å². The van der Waals surface area contributed by atoms with Crippen molar-refractivity contribution in [3.8, 4) is 5.75 Å². The van der Waals surface area contributed by atoms with Crippen LogP contribution in [0, 0.1) is 0 Å². The summed E-state index contributed by atoms with van der Waals surface area (Å²) >= 11 is 0. The molecule has 0 aromatic heterocycles. The summed E-state index contributed by atoms with van der Waals surface area (Å²) in [7, 11) is 0. The number of unbranched alkanes of at least 4 members (excludes halogenated alkanes) is 14. The van der Waals surface area contributed by atoms with Crippen molar-refractivity contribution < 1.29 is 14.6 Å². The van der Waals surface area contributed by atoms with Crippen molar-refractivity contribution in [2.24, 2.45) is 0 Å². The molecule has 0 fully saturated rings. The molecule has 3 heteroatoms. The van der Waals surface area contributed by atoms with Gasteiger partial charge in [-0.2, -0.15) is 0 Å². The lowest BCUT2D eigenvalue weighted by Crippen LogP contribution is -2.18. The Balaban J connectivity index is 2.20. The second-order valence-corrected chi connectivity index (χ2v) is 12.9. The van der Waals surface area contributed by atoms with Crippen molar-refractivity contribution in [3.05, 3.63) is 28.8 Å². The number of ether oxygens (including phenoxy) is 1. The Bertz CT molecular complexity index is 701. The highest BCUT2D eigenvalue weighted by atomic mass is 16.5. The summed E-state index contributed by atoms with van der Waals surface area (Å²) in [6.07, 6.45) is 20.3. The molecule has 0 aliphatic carbocycles. The maximum Gasteiger partial charge on any atom is 0.306 e. The minimum Gasteiger partial charge on any atom is -0.507 e. The first-order valence-corrected chi connectivity index (χ1v) is 15.0. The van der Waals surface area contributed by atoms with Gasteiger partial charge in [0.2, 0.25) is 0 Å². The van der Waals surface area contributed by atoms with Crippen LogP contribution in [-0.4, -0.2) is 11.1 Å². The van der Waals surface area contributed by atoms with Crippen LogP contribution in [0.1, 0.15) is 168 Å². The molecule has 208 valence electrons. The van der Waals surface area contributed by atoms with Crippen LogP contribution in [0.3, 0.4) is 0 Å². The van der Waals surface area contributed by atoms with Crippen LogP contribution >= 0.6 is 0 Å². The molecule has 0 saturated heterocycles. The van der Waals surface area contributed by atoms with Gasteiger partial charge in [-0.25, -0.2) is 0 Å². The van der Waals surface area contributed by atoms with Gasteiger partial charge < -0.3 is 9.84 Å². The molecule has 36 heavy (non-hydrogen) atoms. The highest BCUT2D eigenvalue weighted by molar-refractivity contribution is 5.69. The summed E-state index contributed by atoms with van der Waals surface area (Å²) in [6.45, 7) is 15.1. The zero-order chi connectivity index (χ0) is 27.0. The molecule has 0 amide bonds. The van der Waals surface area contributed by atoms with Gasteiger partial charge in [0.05, 0.1) is 0 Å². The monoisotopic (exact) mass is 502 g/mol. The van der Waals surface area contributed by atoms with Crippen LogP contribution in [0.25, 0.3) is 0 Å². The van der Waals surface area contributed by atoms with E-state index in [0.717, 1.165) is 29.5 Å². The van der Waals surface area contributed by atoms with E-state index in [4.69, 9.17) is 4.74 Å². The van der Waals surface area contributed by atoms with Crippen molar-refractivity contribution in [3.63, 3.8) is 0 Å². The number of benzene rings is 1. The van der Waals surface area contributed by atoms with E-state index in [2.05, 4.69) is 48.5 Å². The lowest BCUT2D eigenvalue weighted by Gasteiger charge is -2.28. The molecule has 0 spiro atoms. The summed E-state index contributed by atoms with van der Waals surface area (Å²) in [6, 6.07) is 3.98. The first-order valence-electron chi connectivity index (χ1n) is 15.0. The smallest absolute Gasteiger partial charge is 0.306 e. The van der Waals surface area contributed by atoms with E-state index in [-0.39, 0.29) is 23.4 Å². The molecule has 3 nitrogen and oxygen atoms in total. The Morgan fingerprint density at radius 3 is 1.39 bits per heavy atom. The van der Waals surface area contributed by atoms with Crippen LogP contribution < -0.4 is 0 Å². The Labute approximate surface area is 223 Å². The Hall–Kier alpha value is -1.51. The molecule has 0 aliphatic rings. The van der Waals surface area contributed by atoms with Crippen molar-refractivity contribution in [1.82, 2.24) is 0 Å². The SMILES string of the molecule is CCCCCCCCCCCCCCCCCC(=O)OCc1cc(C(C)(C)C)c(O)c(C(C)(C)C)c1. The third-order valence-corrected chi connectivity index (χ3v) is 7.17. The number of esters is 1. The molecule has 0 atom stereocenters. The molecule has 1 aromatic rings. The maximum absolute atomic E-state index is 12.3. The first kappa shape index (κ1) is 32.5. The van der Waals surface area contributed by atoms with Crippen LogP contribution in [0.15, 0.2) is 12.1 Å². The second-order valence-electron chi connectivity index (χ2n) is 12.9. The van der Waals surface area contributed by atoms with Crippen LogP contribution in [0.2, 0.25) is 0 Å². The Morgan fingerprint density at radius 2 is 1.03 bits per heavy atom. The molecule has 1 N–H and O–H groups in total. The fourth-order valence-corrected chi connectivity index (χ4v) is 4.80. The minimum atomic E-state index is -0.183. The predicted octanol–water partition coefficient (Wildman–Crippen LogP) is 10.3. The minimum absolute atomic E-state index is 0.118. The molecule has 0 radical (unpaired) electrons. The van der Waals surface area contributed by atoms with E-state index in [1.54, 1.807) is 0 Å². The Kier molecular flexibility index (Phi) is 15.4. The van der Waals surface area contributed by atoms with Gasteiger partial charge in [0.15, 0.2) is 0 Å². The summed E-state index contributed by atoms with van der Waals surface area (Å²) in [5.41, 5.74) is 2.40. The van der Waals surface area contributed by atoms with Crippen molar-refractivity contribution in [2.45, 2.75) is 169 Å². The molecule has 1 rings (SSSR count). The van der Waals surface area contributed by atoms with Gasteiger partial charge in [0, 0.05) is 6.42 Å². The number of carbonyl (C=O) groups excluding carboxylic acids is 1. The predicted molar refractivity (Wildman–Crippen MR) is 155 cm³/mol. The third-order valence-electron chi connectivity index (χ3n) is 7.17. The van der Waals surface area contributed by atoms with Gasteiger partial charge in [-0.15, -0.1) is 0 Å². The van der Waals surface area contributed by atoms with E-state index in [9.17, 15) is 9.90 Å². The number of hydrogen-bond donors (Lipinski definition) is 1. The van der Waals surface area contributed by atoms with Gasteiger partial charge in [0.1, 0.15) is 12.4 Å². The van der Waals surface area contributed by atoms with Gasteiger partial charge in [0.25, 0.3) is 0 Å². The van der Waals surface area contributed by atoms with Crippen LogP contribution in [0.4, 0.5) is 0 Å². The van der Waals surface area contributed by atoms with Crippen molar-refractivity contribution >= 4 is 5.97 Å². The summed E-state index contributed by atoms with van der Waals surface area (Å²) < 4.78 is 5.60. The fourth-order valence-electron chi connectivity index (χ4n) is 4.80. The molecule has 0 bridgehead atoms. The zero-order valence-electron chi connectivity index (χ0n) is 24.9. The van der Waals surface area contributed by atoms with E-state index in [0.29, 0.717) is 12.2 Å².